The van der Waals surface area contributed by atoms with Crippen LogP contribution in [0.25, 0.3) is 11.1 Å². The summed E-state index contributed by atoms with van der Waals surface area (Å²) < 4.78 is 0. The van der Waals surface area contributed by atoms with Crippen molar-refractivity contribution in [3.8, 4) is 11.1 Å². The molecule has 21 heavy (non-hydrogen) atoms. The average Bonchev–Trinajstić information content (AvgIpc) is 2.90. The van der Waals surface area contributed by atoms with E-state index >= 15 is 0 Å². The number of benzene rings is 2. The minimum absolute atomic E-state index is 0.390. The molecule has 0 aliphatic heterocycles. The maximum atomic E-state index is 11.5. The summed E-state index contributed by atoms with van der Waals surface area (Å²) in [4.78, 5) is 11.5. The summed E-state index contributed by atoms with van der Waals surface area (Å²) in [6, 6.07) is 13.6. The molecule has 0 bridgehead atoms. The molecule has 0 aromatic heterocycles. The highest BCUT2D eigenvalue weighted by Gasteiger charge is 2.22. The molecule has 1 unspecified atom stereocenters. The maximum absolute atomic E-state index is 11.5. The predicted molar refractivity (Wildman–Crippen MR) is 81.2 cm³/mol. The standard InChI is InChI=1S/C17H18N2O2/c1-11(19(21)17(20)18-2)12-7-8-16-14(9-12)10-13-5-3-4-6-15(13)16/h3-9,11,21H,10H2,1-2H3,(H,18,20). The van der Waals surface area contributed by atoms with Crippen LogP contribution in [-0.4, -0.2) is 23.3 Å². The number of amides is 2. The van der Waals surface area contributed by atoms with Gasteiger partial charge in [0.05, 0.1) is 6.04 Å². The first-order valence-corrected chi connectivity index (χ1v) is 7.02. The number of urea groups is 1. The molecule has 2 aromatic rings. The number of fused-ring (bicyclic) bond motifs is 3. The molecule has 4 heteroatoms. The Kier molecular flexibility index (Phi) is 3.39. The predicted octanol–water partition coefficient (Wildman–Crippen LogP) is 3.35. The molecule has 2 aromatic carbocycles. The van der Waals surface area contributed by atoms with Crippen LogP contribution in [-0.2, 0) is 6.42 Å². The molecule has 3 rings (SSSR count). The first kappa shape index (κ1) is 13.6. The van der Waals surface area contributed by atoms with E-state index in [0.29, 0.717) is 0 Å². The number of hydrogen-bond donors (Lipinski definition) is 2. The number of hydrogen-bond acceptors (Lipinski definition) is 2. The molecule has 0 saturated carbocycles. The summed E-state index contributed by atoms with van der Waals surface area (Å²) in [6.45, 7) is 1.80. The fraction of sp³-hybridized carbons (Fsp3) is 0.235. The maximum Gasteiger partial charge on any atom is 0.341 e. The smallest absolute Gasteiger partial charge is 0.339 e. The second-order valence-electron chi connectivity index (χ2n) is 5.33. The Labute approximate surface area is 124 Å². The van der Waals surface area contributed by atoms with Crippen LogP contribution >= 0.6 is 0 Å². The molecule has 0 saturated heterocycles. The van der Waals surface area contributed by atoms with Gasteiger partial charge in [-0.3, -0.25) is 5.21 Å². The Balaban J connectivity index is 1.92. The minimum Gasteiger partial charge on any atom is -0.339 e. The molecule has 1 aliphatic carbocycles. The van der Waals surface area contributed by atoms with Crippen molar-refractivity contribution in [2.45, 2.75) is 19.4 Å². The van der Waals surface area contributed by atoms with E-state index in [1.807, 2.05) is 12.1 Å². The van der Waals surface area contributed by atoms with Crippen LogP contribution in [0.2, 0.25) is 0 Å². The summed E-state index contributed by atoms with van der Waals surface area (Å²) in [5.74, 6) is 0. The summed E-state index contributed by atoms with van der Waals surface area (Å²) in [7, 11) is 1.50. The van der Waals surface area contributed by atoms with Crippen molar-refractivity contribution in [3.63, 3.8) is 0 Å². The first-order valence-electron chi connectivity index (χ1n) is 7.02. The monoisotopic (exact) mass is 282 g/mol. The molecule has 1 atom stereocenters. The minimum atomic E-state index is -0.508. The van der Waals surface area contributed by atoms with Crippen LogP contribution in [0.15, 0.2) is 42.5 Å². The molecule has 108 valence electrons. The van der Waals surface area contributed by atoms with Crippen LogP contribution in [0.3, 0.4) is 0 Å². The lowest BCUT2D eigenvalue weighted by Crippen LogP contribution is -2.37. The Bertz CT molecular complexity index is 697. The Morgan fingerprint density at radius 1 is 1.19 bits per heavy atom. The van der Waals surface area contributed by atoms with E-state index < -0.39 is 6.03 Å². The molecule has 0 heterocycles. The molecule has 0 radical (unpaired) electrons. The summed E-state index contributed by atoms with van der Waals surface area (Å²) in [5, 5.41) is 13.0. The van der Waals surface area contributed by atoms with Gasteiger partial charge < -0.3 is 5.32 Å². The van der Waals surface area contributed by atoms with Crippen molar-refractivity contribution in [3.05, 3.63) is 59.2 Å². The molecular formula is C17H18N2O2. The molecule has 0 spiro atoms. The summed E-state index contributed by atoms with van der Waals surface area (Å²) in [5.41, 5.74) is 6.01. The molecule has 2 amide bonds. The number of carbonyl (C=O) groups excluding carboxylic acids is 1. The topological polar surface area (TPSA) is 52.6 Å². The van der Waals surface area contributed by atoms with Gasteiger partial charge in [-0.05, 0) is 41.2 Å². The number of nitrogens with one attached hydrogen (secondary N) is 1. The number of nitrogens with zero attached hydrogens (tertiary/aromatic N) is 1. The largest absolute Gasteiger partial charge is 0.341 e. The van der Waals surface area contributed by atoms with Gasteiger partial charge in [0.25, 0.3) is 0 Å². The summed E-state index contributed by atoms with van der Waals surface area (Å²) >= 11 is 0. The second-order valence-corrected chi connectivity index (χ2v) is 5.33. The molecule has 0 fully saturated rings. The van der Waals surface area contributed by atoms with E-state index in [1.54, 1.807) is 6.92 Å². The van der Waals surface area contributed by atoms with Gasteiger partial charge in [-0.2, -0.15) is 5.06 Å². The number of hydroxylamine groups is 2. The fourth-order valence-electron chi connectivity index (χ4n) is 2.86. The van der Waals surface area contributed by atoms with Gasteiger partial charge in [-0.1, -0.05) is 42.5 Å². The summed E-state index contributed by atoms with van der Waals surface area (Å²) in [6.07, 6.45) is 0.900. The lowest BCUT2D eigenvalue weighted by molar-refractivity contribution is -0.0738. The van der Waals surface area contributed by atoms with E-state index in [4.69, 9.17) is 0 Å². The fourth-order valence-corrected chi connectivity index (χ4v) is 2.86. The van der Waals surface area contributed by atoms with E-state index in [9.17, 15) is 10.0 Å². The second kappa shape index (κ2) is 5.22. The normalized spacial score (nSPS) is 13.3. The van der Waals surface area contributed by atoms with Crippen molar-refractivity contribution < 1.29 is 10.0 Å². The van der Waals surface area contributed by atoms with Gasteiger partial charge >= 0.3 is 6.03 Å². The van der Waals surface area contributed by atoms with Crippen molar-refractivity contribution in [2.24, 2.45) is 0 Å². The zero-order valence-corrected chi connectivity index (χ0v) is 12.1. The van der Waals surface area contributed by atoms with Gasteiger partial charge in [0, 0.05) is 7.05 Å². The third-order valence-electron chi connectivity index (χ3n) is 4.09. The lowest BCUT2D eigenvalue weighted by atomic mass is 10.0. The molecule has 1 aliphatic rings. The first-order chi connectivity index (χ1) is 10.1. The van der Waals surface area contributed by atoms with Crippen LogP contribution < -0.4 is 5.32 Å². The van der Waals surface area contributed by atoms with Gasteiger partial charge in [-0.25, -0.2) is 4.79 Å². The van der Waals surface area contributed by atoms with Crippen LogP contribution in [0, 0.1) is 0 Å². The van der Waals surface area contributed by atoms with Gasteiger partial charge in [0.15, 0.2) is 0 Å². The van der Waals surface area contributed by atoms with Gasteiger partial charge in [-0.15, -0.1) is 0 Å². The molecular weight excluding hydrogens is 264 g/mol. The average molecular weight is 282 g/mol. The molecule has 4 nitrogen and oxygen atoms in total. The molecule has 2 N–H and O–H groups in total. The zero-order valence-electron chi connectivity index (χ0n) is 12.1. The van der Waals surface area contributed by atoms with Crippen molar-refractivity contribution in [1.82, 2.24) is 10.4 Å². The third-order valence-corrected chi connectivity index (χ3v) is 4.09. The van der Waals surface area contributed by atoms with Gasteiger partial charge in [0.2, 0.25) is 0 Å². The zero-order chi connectivity index (χ0) is 15.0. The quantitative estimate of drug-likeness (QED) is 0.559. The lowest BCUT2D eigenvalue weighted by Gasteiger charge is -2.22. The third kappa shape index (κ3) is 2.28. The number of carbonyl (C=O) groups is 1. The van der Waals surface area contributed by atoms with Crippen molar-refractivity contribution >= 4 is 6.03 Å². The van der Waals surface area contributed by atoms with E-state index in [2.05, 4.69) is 35.6 Å². The Hall–Kier alpha value is -2.33. The highest BCUT2D eigenvalue weighted by molar-refractivity contribution is 5.77. The van der Waals surface area contributed by atoms with E-state index in [0.717, 1.165) is 17.0 Å². The van der Waals surface area contributed by atoms with E-state index in [1.165, 1.54) is 29.3 Å². The number of rotatable bonds is 2. The SMILES string of the molecule is CNC(=O)N(O)C(C)c1ccc2c(c1)Cc1ccccc1-2. The van der Waals surface area contributed by atoms with Crippen LogP contribution in [0.5, 0.6) is 0 Å². The highest BCUT2D eigenvalue weighted by atomic mass is 16.5. The van der Waals surface area contributed by atoms with Gasteiger partial charge in [0.1, 0.15) is 0 Å². The van der Waals surface area contributed by atoms with Crippen LogP contribution in [0.1, 0.15) is 29.7 Å². The van der Waals surface area contributed by atoms with Crippen molar-refractivity contribution in [1.29, 1.82) is 0 Å². The Morgan fingerprint density at radius 3 is 2.67 bits per heavy atom. The Morgan fingerprint density at radius 2 is 1.90 bits per heavy atom. The highest BCUT2D eigenvalue weighted by Crippen LogP contribution is 2.37. The van der Waals surface area contributed by atoms with E-state index in [-0.39, 0.29) is 6.04 Å². The van der Waals surface area contributed by atoms with Crippen LogP contribution in [0.4, 0.5) is 4.79 Å². The van der Waals surface area contributed by atoms with Crippen molar-refractivity contribution in [2.75, 3.05) is 7.05 Å².